The molecule has 12 aromatic rings. The molecular weight excluding hydrogens is 1030 g/mol. The quantitative estimate of drug-likeness (QED) is 0.149. The van der Waals surface area contributed by atoms with E-state index in [1.54, 1.807) is 0 Å². The highest BCUT2D eigenvalue weighted by Gasteiger charge is 2.38. The van der Waals surface area contributed by atoms with E-state index in [2.05, 4.69) is 283 Å². The van der Waals surface area contributed by atoms with Gasteiger partial charge in [-0.15, -0.1) is 0 Å². The first-order valence-corrected chi connectivity index (χ1v) is 31.0. The lowest BCUT2D eigenvalue weighted by Gasteiger charge is -2.25. The van der Waals surface area contributed by atoms with Gasteiger partial charge in [-0.1, -0.05) is 258 Å². The SMILES string of the molecule is CC1(C)c2cc(-c3ccc(-c4ccc(-c5ccc6ccc7c8c6c5CC=C8CC=C7)cc4)cc3)ccc2-c2ccc(-c3ccc4c(c3)C(C)(C)c3cc(-c5ccc(-c6ccc(-c7ccc8c9c%10c(ccc79)C=CCC%10=CC8)cc6)cc5)ccc3-4)cc21. The van der Waals surface area contributed by atoms with Gasteiger partial charge in [0.05, 0.1) is 0 Å². The molecule has 0 radical (unpaired) electrons. The Labute approximate surface area is 504 Å². The molecule has 0 saturated carbocycles. The smallest absolute Gasteiger partial charge is 0.0159 e. The largest absolute Gasteiger partial charge is 0.0795 e. The van der Waals surface area contributed by atoms with Crippen LogP contribution in [0.1, 0.15) is 96.2 Å². The van der Waals surface area contributed by atoms with Crippen molar-refractivity contribution in [2.75, 3.05) is 0 Å². The minimum Gasteiger partial charge on any atom is -0.0795 e. The standard InChI is InChI=1S/C86H62/c1-85(2)77-47-65(55-15-11-51(12-16-55)53-19-23-57(24-20-53)69-39-31-63-29-27-59-7-5-9-61-33-45-75(69)83(63)81(59)61)35-41-71(77)73-43-37-67(49-79(73)85)68-38-44-74-72-42-36-66(48-78(72)86(3,4)80(74)50-68)56-17-13-52(14-18-56)54-21-25-58(26-22-54)70-40-32-64-30-28-60-8-6-10-62-34-46-76(70)84(64)82(60)62/h5-7,10-29,31-44,46-50H,8-9,30,45H2,1-4H3. The third-order valence-electron chi connectivity index (χ3n) is 20.8. The van der Waals surface area contributed by atoms with Gasteiger partial charge in [-0.2, -0.15) is 0 Å². The molecule has 6 aliphatic carbocycles. The highest BCUT2D eigenvalue weighted by atomic mass is 14.4. The van der Waals surface area contributed by atoms with Gasteiger partial charge in [-0.05, 0) is 238 Å². The summed E-state index contributed by atoms with van der Waals surface area (Å²) in [5.74, 6) is 0. The van der Waals surface area contributed by atoms with Crippen LogP contribution in [-0.4, -0.2) is 0 Å². The van der Waals surface area contributed by atoms with E-state index in [9.17, 15) is 0 Å². The summed E-state index contributed by atoms with van der Waals surface area (Å²) in [5, 5.41) is 5.60. The first-order chi connectivity index (χ1) is 42.1. The summed E-state index contributed by atoms with van der Waals surface area (Å²) in [6.45, 7) is 9.63. The Hall–Kier alpha value is -9.88. The fraction of sp³-hybridized carbons (Fsp3) is 0.116. The van der Waals surface area contributed by atoms with Crippen LogP contribution in [0.25, 0.3) is 145 Å². The summed E-state index contributed by atoms with van der Waals surface area (Å²) in [4.78, 5) is 0. The summed E-state index contributed by atoms with van der Waals surface area (Å²) < 4.78 is 0. The van der Waals surface area contributed by atoms with Gasteiger partial charge in [0.25, 0.3) is 0 Å². The predicted molar refractivity (Wildman–Crippen MR) is 365 cm³/mol. The van der Waals surface area contributed by atoms with E-state index in [1.807, 2.05) is 0 Å². The van der Waals surface area contributed by atoms with E-state index in [-0.39, 0.29) is 10.8 Å². The van der Waals surface area contributed by atoms with Crippen LogP contribution in [0.3, 0.4) is 0 Å². The van der Waals surface area contributed by atoms with Gasteiger partial charge >= 0.3 is 0 Å². The maximum absolute atomic E-state index is 2.48. The van der Waals surface area contributed by atoms with Crippen LogP contribution in [0.2, 0.25) is 0 Å². The minimum atomic E-state index is -0.156. The van der Waals surface area contributed by atoms with Crippen molar-refractivity contribution in [2.45, 2.75) is 64.2 Å². The molecule has 0 heterocycles. The molecule has 0 aromatic heterocycles. The number of allylic oxidation sites excluding steroid dienone is 6. The van der Waals surface area contributed by atoms with E-state index >= 15 is 0 Å². The van der Waals surface area contributed by atoms with E-state index in [0.29, 0.717) is 0 Å². The summed E-state index contributed by atoms with van der Waals surface area (Å²) in [5.41, 5.74) is 39.7. The van der Waals surface area contributed by atoms with Crippen molar-refractivity contribution < 1.29 is 0 Å². The molecule has 18 rings (SSSR count). The number of hydrogen-bond acceptors (Lipinski definition) is 0. The van der Waals surface area contributed by atoms with Crippen LogP contribution >= 0.6 is 0 Å². The Morgan fingerprint density at radius 3 is 1.10 bits per heavy atom. The van der Waals surface area contributed by atoms with E-state index < -0.39 is 0 Å². The Morgan fingerprint density at radius 2 is 0.628 bits per heavy atom. The van der Waals surface area contributed by atoms with Crippen molar-refractivity contribution in [3.05, 3.63) is 298 Å². The predicted octanol–water partition coefficient (Wildman–Crippen LogP) is 23.0. The van der Waals surface area contributed by atoms with Gasteiger partial charge in [-0.3, -0.25) is 0 Å². The molecular formula is C86H62. The molecule has 0 atom stereocenters. The van der Waals surface area contributed by atoms with Gasteiger partial charge in [0.2, 0.25) is 0 Å². The summed E-state index contributed by atoms with van der Waals surface area (Å²) in [7, 11) is 0. The molecule has 0 aliphatic heterocycles. The molecule has 0 saturated heterocycles. The van der Waals surface area contributed by atoms with Crippen LogP contribution in [0.5, 0.6) is 0 Å². The third kappa shape index (κ3) is 7.35. The topological polar surface area (TPSA) is 0 Å². The third-order valence-corrected chi connectivity index (χ3v) is 20.8. The maximum Gasteiger partial charge on any atom is 0.0159 e. The highest BCUT2D eigenvalue weighted by Crippen LogP contribution is 2.54. The molecule has 0 fully saturated rings. The summed E-state index contributed by atoms with van der Waals surface area (Å²) in [6.07, 6.45) is 18.2. The van der Waals surface area contributed by atoms with Gasteiger partial charge in [0.1, 0.15) is 0 Å². The lowest BCUT2D eigenvalue weighted by molar-refractivity contribution is 0.660. The Bertz CT molecular complexity index is 5080. The normalized spacial score (nSPS) is 15.5. The van der Waals surface area contributed by atoms with Crippen LogP contribution in [0, 0.1) is 0 Å². The zero-order valence-electron chi connectivity index (χ0n) is 49.1. The molecule has 0 nitrogen and oxygen atoms in total. The van der Waals surface area contributed by atoms with Crippen molar-refractivity contribution in [2.24, 2.45) is 0 Å². The van der Waals surface area contributed by atoms with Crippen LogP contribution in [-0.2, 0) is 23.7 Å². The van der Waals surface area contributed by atoms with Crippen molar-refractivity contribution in [3.8, 4) is 100 Å². The second kappa shape index (κ2) is 18.3. The van der Waals surface area contributed by atoms with Gasteiger partial charge < -0.3 is 0 Å². The monoisotopic (exact) mass is 1090 g/mol. The molecule has 86 heavy (non-hydrogen) atoms. The van der Waals surface area contributed by atoms with Crippen molar-refractivity contribution in [1.82, 2.24) is 0 Å². The summed E-state index contributed by atoms with van der Waals surface area (Å²) in [6, 6.07) is 84.0. The Morgan fingerprint density at radius 1 is 0.279 bits per heavy atom. The van der Waals surface area contributed by atoms with E-state index in [0.717, 1.165) is 25.7 Å². The summed E-state index contributed by atoms with van der Waals surface area (Å²) >= 11 is 0. The van der Waals surface area contributed by atoms with Crippen LogP contribution < -0.4 is 0 Å². The Balaban J connectivity index is 0.572. The zero-order valence-corrected chi connectivity index (χ0v) is 49.1. The lowest BCUT2D eigenvalue weighted by atomic mass is 9.79. The number of fused-ring (bicyclic) bond motifs is 6. The van der Waals surface area contributed by atoms with E-state index in [1.165, 1.54) is 188 Å². The van der Waals surface area contributed by atoms with Crippen LogP contribution in [0.15, 0.2) is 243 Å². The van der Waals surface area contributed by atoms with Crippen molar-refractivity contribution in [3.63, 3.8) is 0 Å². The number of hydrogen-bond donors (Lipinski definition) is 0. The molecule has 0 unspecified atom stereocenters. The van der Waals surface area contributed by atoms with Gasteiger partial charge in [0, 0.05) is 10.8 Å². The van der Waals surface area contributed by atoms with Gasteiger partial charge in [0.15, 0.2) is 0 Å². The molecule has 12 aromatic carbocycles. The maximum atomic E-state index is 2.48. The number of benzene rings is 12. The average molecular weight is 1100 g/mol. The van der Waals surface area contributed by atoms with Crippen LogP contribution in [0.4, 0.5) is 0 Å². The molecule has 406 valence electrons. The lowest BCUT2D eigenvalue weighted by Crippen LogP contribution is -2.15. The number of rotatable bonds is 7. The average Bonchev–Trinajstić information content (AvgIpc) is 1.64. The first-order valence-electron chi connectivity index (χ1n) is 31.0. The highest BCUT2D eigenvalue weighted by molar-refractivity contribution is 6.09. The molecule has 0 heteroatoms. The van der Waals surface area contributed by atoms with E-state index in [4.69, 9.17) is 0 Å². The second-order valence-electron chi connectivity index (χ2n) is 26.1. The zero-order chi connectivity index (χ0) is 57.2. The van der Waals surface area contributed by atoms with Crippen molar-refractivity contribution >= 4 is 44.8 Å². The fourth-order valence-electron chi connectivity index (χ4n) is 16.2. The molecule has 0 spiro atoms. The second-order valence-corrected chi connectivity index (χ2v) is 26.1. The Kier molecular flexibility index (Phi) is 10.5. The molecule has 0 N–H and O–H groups in total. The molecule has 0 bridgehead atoms. The first kappa shape index (κ1) is 49.5. The fourth-order valence-corrected chi connectivity index (χ4v) is 16.2. The van der Waals surface area contributed by atoms with Gasteiger partial charge in [-0.25, -0.2) is 0 Å². The molecule has 0 amide bonds. The molecule has 6 aliphatic rings. The minimum absolute atomic E-state index is 0.156. The van der Waals surface area contributed by atoms with Crippen molar-refractivity contribution in [1.29, 1.82) is 0 Å².